The van der Waals surface area contributed by atoms with Crippen LogP contribution in [0.4, 0.5) is 11.4 Å². The van der Waals surface area contributed by atoms with Crippen LogP contribution in [-0.2, 0) is 0 Å². The summed E-state index contributed by atoms with van der Waals surface area (Å²) in [5.74, 6) is -0.404. The molecule has 27 heavy (non-hydrogen) atoms. The van der Waals surface area contributed by atoms with Crippen molar-refractivity contribution in [2.75, 3.05) is 16.8 Å². The fourth-order valence-corrected chi connectivity index (χ4v) is 3.81. The highest BCUT2D eigenvalue weighted by Gasteiger charge is 2.18. The molecule has 1 heterocycles. The van der Waals surface area contributed by atoms with Gasteiger partial charge in [0, 0.05) is 29.0 Å². The quantitative estimate of drug-likeness (QED) is 0.642. The van der Waals surface area contributed by atoms with E-state index in [1.807, 2.05) is 12.1 Å². The summed E-state index contributed by atoms with van der Waals surface area (Å²) in [6.07, 6.45) is 3.75. The molecule has 1 unspecified atom stereocenters. The number of hydrogen-bond donors (Lipinski definition) is 2. The Balaban J connectivity index is 1.60. The molecule has 0 aliphatic carbocycles. The van der Waals surface area contributed by atoms with E-state index in [0.29, 0.717) is 16.1 Å². The molecule has 0 bridgehead atoms. The molecule has 2 N–H and O–H groups in total. The number of carbonyl (C=O) groups is 1. The summed E-state index contributed by atoms with van der Waals surface area (Å²) in [5, 5.41) is 6.61. The van der Waals surface area contributed by atoms with E-state index in [2.05, 4.69) is 34.6 Å². The third-order valence-electron chi connectivity index (χ3n) is 4.66. The SMILES string of the molecule is CC1CCCCN1c1ccc(NC(=S)NC(=O)c2cc(Cl)ccc2Cl)cc1. The van der Waals surface area contributed by atoms with Gasteiger partial charge in [0.15, 0.2) is 5.11 Å². The van der Waals surface area contributed by atoms with Crippen molar-refractivity contribution in [3.63, 3.8) is 0 Å². The van der Waals surface area contributed by atoms with E-state index in [1.165, 1.54) is 31.0 Å². The van der Waals surface area contributed by atoms with Crippen LogP contribution in [0.3, 0.4) is 0 Å². The Hall–Kier alpha value is -1.82. The molecule has 2 aromatic rings. The summed E-state index contributed by atoms with van der Waals surface area (Å²) in [4.78, 5) is 14.8. The van der Waals surface area contributed by atoms with Crippen LogP contribution in [0.25, 0.3) is 0 Å². The lowest BCUT2D eigenvalue weighted by atomic mass is 10.0. The first-order valence-electron chi connectivity index (χ1n) is 8.88. The molecule has 0 radical (unpaired) electrons. The zero-order valence-corrected chi connectivity index (χ0v) is 17.3. The van der Waals surface area contributed by atoms with E-state index in [9.17, 15) is 4.79 Å². The Morgan fingerprint density at radius 3 is 2.59 bits per heavy atom. The van der Waals surface area contributed by atoms with E-state index in [1.54, 1.807) is 12.1 Å². The summed E-state index contributed by atoms with van der Waals surface area (Å²) in [5.41, 5.74) is 2.29. The fourth-order valence-electron chi connectivity index (χ4n) is 3.22. The average Bonchev–Trinajstić information content (AvgIpc) is 2.65. The smallest absolute Gasteiger partial charge is 0.258 e. The number of benzene rings is 2. The molecule has 1 fully saturated rings. The Kier molecular flexibility index (Phi) is 6.58. The highest BCUT2D eigenvalue weighted by molar-refractivity contribution is 7.80. The van der Waals surface area contributed by atoms with Crippen molar-refractivity contribution < 1.29 is 4.79 Å². The lowest BCUT2D eigenvalue weighted by Crippen LogP contribution is -2.37. The summed E-state index contributed by atoms with van der Waals surface area (Å²) in [6, 6.07) is 13.3. The molecule has 0 aromatic heterocycles. The van der Waals surface area contributed by atoms with Crippen molar-refractivity contribution >= 4 is 57.8 Å². The van der Waals surface area contributed by atoms with Crippen molar-refractivity contribution in [1.82, 2.24) is 5.32 Å². The second kappa shape index (κ2) is 8.91. The number of halogens is 2. The van der Waals surface area contributed by atoms with Gasteiger partial charge in [0.25, 0.3) is 5.91 Å². The van der Waals surface area contributed by atoms with Gasteiger partial charge in [-0.1, -0.05) is 23.2 Å². The molecule has 0 spiro atoms. The average molecular weight is 422 g/mol. The molecule has 2 aromatic carbocycles. The van der Waals surface area contributed by atoms with Crippen LogP contribution in [0.1, 0.15) is 36.5 Å². The second-order valence-electron chi connectivity index (χ2n) is 6.62. The second-order valence-corrected chi connectivity index (χ2v) is 7.87. The van der Waals surface area contributed by atoms with Gasteiger partial charge in [-0.15, -0.1) is 0 Å². The molecule has 1 saturated heterocycles. The summed E-state index contributed by atoms with van der Waals surface area (Å²) < 4.78 is 0. The number of carbonyl (C=O) groups excluding carboxylic acids is 1. The first kappa shape index (κ1) is 19.9. The summed E-state index contributed by atoms with van der Waals surface area (Å²) in [6.45, 7) is 3.35. The minimum absolute atomic E-state index is 0.204. The predicted octanol–water partition coefficient (Wildman–Crippen LogP) is 5.50. The van der Waals surface area contributed by atoms with Crippen molar-refractivity contribution in [1.29, 1.82) is 0 Å². The number of piperidine rings is 1. The third-order valence-corrected chi connectivity index (χ3v) is 5.43. The Morgan fingerprint density at radius 2 is 1.89 bits per heavy atom. The highest BCUT2D eigenvalue weighted by Crippen LogP contribution is 2.26. The number of amides is 1. The lowest BCUT2D eigenvalue weighted by Gasteiger charge is -2.35. The predicted molar refractivity (Wildman–Crippen MR) is 117 cm³/mol. The van der Waals surface area contributed by atoms with Gasteiger partial charge in [-0.3, -0.25) is 10.1 Å². The van der Waals surface area contributed by atoms with E-state index in [-0.39, 0.29) is 10.7 Å². The number of nitrogens with zero attached hydrogens (tertiary/aromatic N) is 1. The largest absolute Gasteiger partial charge is 0.369 e. The lowest BCUT2D eigenvalue weighted by molar-refractivity contribution is 0.0978. The molecular weight excluding hydrogens is 401 g/mol. The van der Waals surface area contributed by atoms with Crippen molar-refractivity contribution in [3.8, 4) is 0 Å². The first-order chi connectivity index (χ1) is 12.9. The van der Waals surface area contributed by atoms with E-state index in [0.717, 1.165) is 12.2 Å². The van der Waals surface area contributed by atoms with Gasteiger partial charge < -0.3 is 10.2 Å². The van der Waals surface area contributed by atoms with Gasteiger partial charge in [-0.2, -0.15) is 0 Å². The number of anilines is 2. The van der Waals surface area contributed by atoms with Gasteiger partial charge >= 0.3 is 0 Å². The fraction of sp³-hybridized carbons (Fsp3) is 0.300. The third kappa shape index (κ3) is 5.12. The summed E-state index contributed by atoms with van der Waals surface area (Å²) >= 11 is 17.2. The summed E-state index contributed by atoms with van der Waals surface area (Å²) in [7, 11) is 0. The minimum atomic E-state index is -0.404. The topological polar surface area (TPSA) is 44.4 Å². The number of nitrogens with one attached hydrogen (secondary N) is 2. The first-order valence-corrected chi connectivity index (χ1v) is 10.0. The number of rotatable bonds is 3. The van der Waals surface area contributed by atoms with Gasteiger partial charge in [-0.05, 0) is 80.9 Å². The van der Waals surface area contributed by atoms with Gasteiger partial charge in [-0.25, -0.2) is 0 Å². The van der Waals surface area contributed by atoms with E-state index >= 15 is 0 Å². The molecule has 7 heteroatoms. The standard InChI is InChI=1S/C20H21Cl2N3OS/c1-13-4-2-3-11-25(13)16-8-6-15(7-9-16)23-20(27)24-19(26)17-12-14(21)5-10-18(17)22/h5-10,12-13H,2-4,11H2,1H3,(H2,23,24,26,27). The molecule has 1 aliphatic rings. The molecule has 1 amide bonds. The minimum Gasteiger partial charge on any atom is -0.369 e. The molecule has 1 atom stereocenters. The van der Waals surface area contributed by atoms with Crippen LogP contribution in [0, 0.1) is 0 Å². The van der Waals surface area contributed by atoms with E-state index in [4.69, 9.17) is 35.4 Å². The van der Waals surface area contributed by atoms with Gasteiger partial charge in [0.05, 0.1) is 10.6 Å². The van der Waals surface area contributed by atoms with Crippen LogP contribution >= 0.6 is 35.4 Å². The maximum absolute atomic E-state index is 12.3. The van der Waals surface area contributed by atoms with Gasteiger partial charge in [0.2, 0.25) is 0 Å². The molecule has 4 nitrogen and oxygen atoms in total. The maximum Gasteiger partial charge on any atom is 0.258 e. The van der Waals surface area contributed by atoms with Crippen LogP contribution < -0.4 is 15.5 Å². The Bertz CT molecular complexity index is 842. The van der Waals surface area contributed by atoms with Crippen LogP contribution in [0.2, 0.25) is 10.0 Å². The zero-order chi connectivity index (χ0) is 19.4. The van der Waals surface area contributed by atoms with Crippen molar-refractivity contribution in [3.05, 3.63) is 58.1 Å². The Labute approximate surface area is 174 Å². The molecule has 1 aliphatic heterocycles. The normalized spacial score (nSPS) is 16.7. The Morgan fingerprint density at radius 1 is 1.15 bits per heavy atom. The van der Waals surface area contributed by atoms with Crippen molar-refractivity contribution in [2.24, 2.45) is 0 Å². The van der Waals surface area contributed by atoms with Crippen molar-refractivity contribution in [2.45, 2.75) is 32.2 Å². The zero-order valence-electron chi connectivity index (χ0n) is 15.0. The number of hydrogen-bond acceptors (Lipinski definition) is 3. The monoisotopic (exact) mass is 421 g/mol. The maximum atomic E-state index is 12.3. The molecule has 0 saturated carbocycles. The van der Waals surface area contributed by atoms with Crippen LogP contribution in [0.5, 0.6) is 0 Å². The highest BCUT2D eigenvalue weighted by atomic mass is 35.5. The van der Waals surface area contributed by atoms with Crippen LogP contribution in [0.15, 0.2) is 42.5 Å². The molecular formula is C20H21Cl2N3OS. The number of thiocarbonyl (C=S) groups is 1. The molecule has 3 rings (SSSR count). The van der Waals surface area contributed by atoms with Crippen LogP contribution in [-0.4, -0.2) is 23.6 Å². The van der Waals surface area contributed by atoms with E-state index < -0.39 is 5.91 Å². The van der Waals surface area contributed by atoms with Gasteiger partial charge in [0.1, 0.15) is 0 Å². The molecule has 142 valence electrons.